The van der Waals surface area contributed by atoms with E-state index in [-0.39, 0.29) is 30.1 Å². The fraction of sp³-hybridized carbons (Fsp3) is 0.409. The van der Waals surface area contributed by atoms with E-state index < -0.39 is 11.7 Å². The molecule has 2 fully saturated rings. The van der Waals surface area contributed by atoms with Crippen molar-refractivity contribution >= 4 is 5.78 Å². The maximum atomic E-state index is 12.1. The predicted octanol–water partition coefficient (Wildman–Crippen LogP) is 3.07. The van der Waals surface area contributed by atoms with Crippen molar-refractivity contribution in [3.63, 3.8) is 0 Å². The van der Waals surface area contributed by atoms with Gasteiger partial charge in [-0.05, 0) is 36.5 Å². The fourth-order valence-electron chi connectivity index (χ4n) is 4.00. The van der Waals surface area contributed by atoms with Crippen LogP contribution in [0.1, 0.15) is 19.3 Å². The summed E-state index contributed by atoms with van der Waals surface area (Å²) in [6.07, 6.45) is 6.23. The topological polar surface area (TPSA) is 66.8 Å². The molecule has 0 aromatic heterocycles. The highest BCUT2D eigenvalue weighted by Gasteiger charge is 2.49. The minimum atomic E-state index is -1.19. The Morgan fingerprint density at radius 3 is 2.73 bits per heavy atom. The molecule has 26 heavy (non-hydrogen) atoms. The van der Waals surface area contributed by atoms with E-state index in [9.17, 15) is 15.0 Å². The van der Waals surface area contributed by atoms with Crippen LogP contribution in [0.2, 0.25) is 0 Å². The van der Waals surface area contributed by atoms with Crippen molar-refractivity contribution in [2.45, 2.75) is 31.0 Å². The number of aliphatic hydroxyl groups excluding tert-OH is 1. The highest BCUT2D eigenvalue weighted by molar-refractivity contribution is 5.99. The molecule has 2 saturated carbocycles. The van der Waals surface area contributed by atoms with Gasteiger partial charge in [-0.1, -0.05) is 43.0 Å². The Morgan fingerprint density at radius 1 is 1.31 bits per heavy atom. The van der Waals surface area contributed by atoms with Crippen LogP contribution in [0.25, 0.3) is 0 Å². The van der Waals surface area contributed by atoms with Crippen molar-refractivity contribution in [1.82, 2.24) is 0 Å². The summed E-state index contributed by atoms with van der Waals surface area (Å²) < 4.78 is 5.64. The van der Waals surface area contributed by atoms with Gasteiger partial charge >= 0.3 is 0 Å². The molecule has 5 atom stereocenters. The molecule has 138 valence electrons. The molecular weight excluding hydrogens is 328 g/mol. The van der Waals surface area contributed by atoms with Crippen molar-refractivity contribution in [2.24, 2.45) is 17.8 Å². The summed E-state index contributed by atoms with van der Waals surface area (Å²) in [6.45, 7) is 7.65. The number of rotatable bonds is 7. The highest BCUT2D eigenvalue weighted by atomic mass is 16.5. The molecule has 0 bridgehead atoms. The molecule has 0 saturated heterocycles. The molecule has 0 heterocycles. The first-order valence-electron chi connectivity index (χ1n) is 9.04. The smallest absolute Gasteiger partial charge is 0.161 e. The third kappa shape index (κ3) is 3.81. The average Bonchev–Trinajstić information content (AvgIpc) is 3.10. The fourth-order valence-corrected chi connectivity index (χ4v) is 4.00. The minimum Gasteiger partial charge on any atom is -0.490 e. The second-order valence-electron chi connectivity index (χ2n) is 7.36. The third-order valence-corrected chi connectivity index (χ3v) is 5.56. The standard InChI is InChI=1S/C22H26O4/c1-3-22(25,14-26-16-8-5-4-6-9-16)11-7-10-17-18-12-15(2)21(24)19(18)13-20(17)23/h3-10,17-20,23,25H,1-2,11-14H2/b10-7+/t17-,18-,19-,20+,22?/m0/s1. The number of ketones is 1. The lowest BCUT2D eigenvalue weighted by atomic mass is 9.89. The zero-order valence-electron chi connectivity index (χ0n) is 14.9. The van der Waals surface area contributed by atoms with E-state index in [1.165, 1.54) is 6.08 Å². The molecule has 0 radical (unpaired) electrons. The van der Waals surface area contributed by atoms with Crippen LogP contribution in [0.4, 0.5) is 0 Å². The van der Waals surface area contributed by atoms with Gasteiger partial charge in [0.25, 0.3) is 0 Å². The van der Waals surface area contributed by atoms with E-state index in [1.54, 1.807) is 0 Å². The summed E-state index contributed by atoms with van der Waals surface area (Å²) in [6, 6.07) is 9.31. The van der Waals surface area contributed by atoms with Crippen molar-refractivity contribution < 1.29 is 19.7 Å². The second-order valence-corrected chi connectivity index (χ2v) is 7.36. The Morgan fingerprint density at radius 2 is 2.04 bits per heavy atom. The number of hydrogen-bond acceptors (Lipinski definition) is 4. The van der Waals surface area contributed by atoms with Crippen LogP contribution in [0.3, 0.4) is 0 Å². The largest absolute Gasteiger partial charge is 0.490 e. The number of carbonyl (C=O) groups is 1. The van der Waals surface area contributed by atoms with E-state index in [0.29, 0.717) is 30.6 Å². The summed E-state index contributed by atoms with van der Waals surface area (Å²) >= 11 is 0. The van der Waals surface area contributed by atoms with Crippen LogP contribution in [0, 0.1) is 17.8 Å². The SMILES string of the molecule is C=CC(O)(C/C=C/[C@H]1[C@@H]2CC(=C)C(=O)[C@H]2C[C@H]1O)COc1ccccc1. The molecule has 1 aromatic carbocycles. The molecule has 4 heteroatoms. The van der Waals surface area contributed by atoms with Gasteiger partial charge in [0.2, 0.25) is 0 Å². The van der Waals surface area contributed by atoms with Crippen LogP contribution in [0.15, 0.2) is 67.3 Å². The van der Waals surface area contributed by atoms with Gasteiger partial charge in [0.1, 0.15) is 18.0 Å². The van der Waals surface area contributed by atoms with Crippen LogP contribution >= 0.6 is 0 Å². The molecule has 1 unspecified atom stereocenters. The Labute approximate surface area is 154 Å². The van der Waals surface area contributed by atoms with Gasteiger partial charge < -0.3 is 14.9 Å². The number of benzene rings is 1. The first kappa shape index (κ1) is 18.6. The first-order valence-corrected chi connectivity index (χ1v) is 9.04. The van der Waals surface area contributed by atoms with E-state index in [1.807, 2.05) is 42.5 Å². The number of allylic oxidation sites excluding steroid dienone is 1. The Hall–Kier alpha value is -2.17. The molecule has 0 spiro atoms. The molecule has 1 aromatic rings. The van der Waals surface area contributed by atoms with Crippen LogP contribution in [0.5, 0.6) is 5.75 Å². The van der Waals surface area contributed by atoms with Crippen LogP contribution in [-0.2, 0) is 4.79 Å². The predicted molar refractivity (Wildman–Crippen MR) is 101 cm³/mol. The van der Waals surface area contributed by atoms with Crippen LogP contribution in [-0.4, -0.2) is 34.3 Å². The van der Waals surface area contributed by atoms with Crippen molar-refractivity contribution in [3.05, 3.63) is 67.3 Å². The normalized spacial score (nSPS) is 30.4. The Bertz CT molecular complexity index is 708. The quantitative estimate of drug-likeness (QED) is 0.583. The third-order valence-electron chi connectivity index (χ3n) is 5.56. The maximum Gasteiger partial charge on any atom is 0.161 e. The highest BCUT2D eigenvalue weighted by Crippen LogP contribution is 2.48. The molecule has 0 aliphatic heterocycles. The molecular formula is C22H26O4. The molecule has 2 N–H and O–H groups in total. The zero-order valence-corrected chi connectivity index (χ0v) is 14.9. The summed E-state index contributed by atoms with van der Waals surface area (Å²) in [5, 5.41) is 21.0. The molecule has 2 aliphatic rings. The number of aliphatic hydroxyl groups is 2. The number of hydrogen-bond donors (Lipinski definition) is 2. The van der Waals surface area contributed by atoms with Gasteiger partial charge in [-0.25, -0.2) is 0 Å². The minimum absolute atomic E-state index is 0.0766. The van der Waals surface area contributed by atoms with Gasteiger partial charge in [-0.2, -0.15) is 0 Å². The number of ether oxygens (including phenoxy) is 1. The number of carbonyl (C=O) groups excluding carboxylic acids is 1. The van der Waals surface area contributed by atoms with E-state index >= 15 is 0 Å². The van der Waals surface area contributed by atoms with E-state index in [2.05, 4.69) is 13.2 Å². The molecule has 2 aliphatic carbocycles. The lowest BCUT2D eigenvalue weighted by molar-refractivity contribution is -0.118. The second kappa shape index (κ2) is 7.60. The number of para-hydroxylation sites is 1. The molecule has 4 nitrogen and oxygen atoms in total. The number of Topliss-reactive ketones (excluding diaryl/α,β-unsaturated/α-hetero) is 1. The van der Waals surface area contributed by atoms with Crippen molar-refractivity contribution in [2.75, 3.05) is 6.61 Å². The Balaban J connectivity index is 1.59. The summed E-state index contributed by atoms with van der Waals surface area (Å²) in [7, 11) is 0. The van der Waals surface area contributed by atoms with Crippen molar-refractivity contribution in [3.8, 4) is 5.75 Å². The van der Waals surface area contributed by atoms with E-state index in [4.69, 9.17) is 4.74 Å². The van der Waals surface area contributed by atoms with Gasteiger partial charge in [0, 0.05) is 18.3 Å². The van der Waals surface area contributed by atoms with Gasteiger partial charge in [-0.3, -0.25) is 4.79 Å². The zero-order chi connectivity index (χ0) is 18.7. The lowest BCUT2D eigenvalue weighted by Crippen LogP contribution is -2.33. The molecule has 3 rings (SSSR count). The summed E-state index contributed by atoms with van der Waals surface area (Å²) in [5.74, 6) is 0.732. The first-order chi connectivity index (χ1) is 12.4. The summed E-state index contributed by atoms with van der Waals surface area (Å²) in [5.41, 5.74) is -0.520. The van der Waals surface area contributed by atoms with Crippen LogP contribution < -0.4 is 4.74 Å². The maximum absolute atomic E-state index is 12.1. The molecule has 0 amide bonds. The average molecular weight is 354 g/mol. The monoisotopic (exact) mass is 354 g/mol. The lowest BCUT2D eigenvalue weighted by Gasteiger charge is -2.23. The van der Waals surface area contributed by atoms with Gasteiger partial charge in [-0.15, -0.1) is 6.58 Å². The Kier molecular flexibility index (Phi) is 5.44. The van der Waals surface area contributed by atoms with Gasteiger partial charge in [0.05, 0.1) is 6.10 Å². The van der Waals surface area contributed by atoms with E-state index in [0.717, 1.165) is 0 Å². The number of fused-ring (bicyclic) bond motifs is 1. The van der Waals surface area contributed by atoms with Gasteiger partial charge in [0.15, 0.2) is 5.78 Å². The summed E-state index contributed by atoms with van der Waals surface area (Å²) in [4.78, 5) is 12.1. The van der Waals surface area contributed by atoms with Crippen molar-refractivity contribution in [1.29, 1.82) is 0 Å².